The molecule has 1 atom stereocenters. The number of nitrogens with zero attached hydrogens (tertiary/aromatic N) is 1. The Labute approximate surface area is 139 Å². The lowest BCUT2D eigenvalue weighted by Gasteiger charge is -2.30. The molecule has 0 bridgehead atoms. The van der Waals surface area contributed by atoms with Gasteiger partial charge in [-0.2, -0.15) is 0 Å². The number of likely N-dealkylation sites (tertiary alicyclic amines) is 1. The SMILES string of the molecule is COc1ccc([C@@H](C(=O)NC2CCCCC2)N2CCCC2)cc1. The predicted octanol–water partition coefficient (Wildman–Crippen LogP) is 3.28. The first kappa shape index (κ1) is 16.3. The second kappa shape index (κ2) is 7.82. The molecule has 4 heteroatoms. The zero-order valence-corrected chi connectivity index (χ0v) is 14.1. The van der Waals surface area contributed by atoms with Gasteiger partial charge in [0.05, 0.1) is 7.11 Å². The summed E-state index contributed by atoms with van der Waals surface area (Å²) in [5.41, 5.74) is 1.07. The molecule has 1 heterocycles. The lowest BCUT2D eigenvalue weighted by atomic mass is 9.94. The number of carbonyl (C=O) groups excluding carboxylic acids is 1. The summed E-state index contributed by atoms with van der Waals surface area (Å²) in [5, 5.41) is 3.31. The van der Waals surface area contributed by atoms with Crippen molar-refractivity contribution in [3.05, 3.63) is 29.8 Å². The van der Waals surface area contributed by atoms with Crippen LogP contribution in [0.5, 0.6) is 5.75 Å². The number of rotatable bonds is 5. The van der Waals surface area contributed by atoms with Gasteiger partial charge in [0.2, 0.25) is 5.91 Å². The number of benzene rings is 1. The molecule has 126 valence electrons. The second-order valence-electron chi connectivity index (χ2n) is 6.76. The van der Waals surface area contributed by atoms with Gasteiger partial charge in [-0.3, -0.25) is 9.69 Å². The van der Waals surface area contributed by atoms with Crippen LogP contribution in [0.1, 0.15) is 56.6 Å². The van der Waals surface area contributed by atoms with Crippen LogP contribution in [0.4, 0.5) is 0 Å². The monoisotopic (exact) mass is 316 g/mol. The largest absolute Gasteiger partial charge is 0.497 e. The minimum atomic E-state index is -0.162. The predicted molar refractivity (Wildman–Crippen MR) is 91.6 cm³/mol. The molecule has 1 saturated carbocycles. The first-order valence-corrected chi connectivity index (χ1v) is 8.96. The van der Waals surface area contributed by atoms with E-state index in [4.69, 9.17) is 4.74 Å². The van der Waals surface area contributed by atoms with Crippen molar-refractivity contribution in [2.45, 2.75) is 57.0 Å². The van der Waals surface area contributed by atoms with Crippen LogP contribution in [0.25, 0.3) is 0 Å². The number of ether oxygens (including phenoxy) is 1. The minimum absolute atomic E-state index is 0.162. The Hall–Kier alpha value is -1.55. The van der Waals surface area contributed by atoms with Crippen LogP contribution in [-0.2, 0) is 4.79 Å². The average Bonchev–Trinajstić information content (AvgIpc) is 3.11. The quantitative estimate of drug-likeness (QED) is 0.906. The highest BCUT2D eigenvalue weighted by Crippen LogP contribution is 2.28. The highest BCUT2D eigenvalue weighted by Gasteiger charge is 2.31. The third-order valence-electron chi connectivity index (χ3n) is 5.14. The van der Waals surface area contributed by atoms with Crippen molar-refractivity contribution >= 4 is 5.91 Å². The summed E-state index contributed by atoms with van der Waals surface area (Å²) >= 11 is 0. The van der Waals surface area contributed by atoms with E-state index in [0.29, 0.717) is 6.04 Å². The molecule has 3 rings (SSSR count). The summed E-state index contributed by atoms with van der Waals surface area (Å²) in [5.74, 6) is 1.01. The smallest absolute Gasteiger partial charge is 0.242 e. The van der Waals surface area contributed by atoms with Gasteiger partial charge >= 0.3 is 0 Å². The van der Waals surface area contributed by atoms with Gasteiger partial charge in [-0.15, -0.1) is 0 Å². The maximum Gasteiger partial charge on any atom is 0.242 e. The summed E-state index contributed by atoms with van der Waals surface area (Å²) in [6, 6.07) is 8.16. The van der Waals surface area contributed by atoms with Crippen LogP contribution in [0, 0.1) is 0 Å². The van der Waals surface area contributed by atoms with Crippen LogP contribution < -0.4 is 10.1 Å². The number of nitrogens with one attached hydrogen (secondary N) is 1. The van der Waals surface area contributed by atoms with Crippen molar-refractivity contribution in [3.8, 4) is 5.75 Å². The van der Waals surface area contributed by atoms with Gasteiger partial charge in [-0.05, 0) is 56.5 Å². The topological polar surface area (TPSA) is 41.6 Å². The molecule has 0 aromatic heterocycles. The minimum Gasteiger partial charge on any atom is -0.497 e. The summed E-state index contributed by atoms with van der Waals surface area (Å²) in [6.45, 7) is 2.02. The van der Waals surface area contributed by atoms with Gasteiger partial charge in [0.15, 0.2) is 0 Å². The van der Waals surface area contributed by atoms with Crippen molar-refractivity contribution in [3.63, 3.8) is 0 Å². The molecule has 2 fully saturated rings. The van der Waals surface area contributed by atoms with Gasteiger partial charge in [0.1, 0.15) is 11.8 Å². The first-order valence-electron chi connectivity index (χ1n) is 8.96. The normalized spacial score (nSPS) is 21.1. The molecule has 4 nitrogen and oxygen atoms in total. The Morgan fingerprint density at radius 2 is 1.74 bits per heavy atom. The number of methoxy groups -OCH3 is 1. The first-order chi connectivity index (χ1) is 11.3. The van der Waals surface area contributed by atoms with Crippen LogP contribution in [0.3, 0.4) is 0 Å². The number of amides is 1. The van der Waals surface area contributed by atoms with E-state index in [0.717, 1.165) is 37.2 Å². The summed E-state index contributed by atoms with van der Waals surface area (Å²) in [7, 11) is 1.67. The highest BCUT2D eigenvalue weighted by atomic mass is 16.5. The van der Waals surface area contributed by atoms with E-state index in [1.165, 1.54) is 32.1 Å². The van der Waals surface area contributed by atoms with Crippen molar-refractivity contribution in [1.29, 1.82) is 0 Å². The average molecular weight is 316 g/mol. The van der Waals surface area contributed by atoms with Crippen molar-refractivity contribution in [1.82, 2.24) is 10.2 Å². The van der Waals surface area contributed by atoms with Gasteiger partial charge in [0, 0.05) is 6.04 Å². The zero-order chi connectivity index (χ0) is 16.1. The van der Waals surface area contributed by atoms with Crippen LogP contribution >= 0.6 is 0 Å². The third-order valence-corrected chi connectivity index (χ3v) is 5.14. The molecule has 1 saturated heterocycles. The van der Waals surface area contributed by atoms with Crippen molar-refractivity contribution in [2.24, 2.45) is 0 Å². The Balaban J connectivity index is 1.74. The van der Waals surface area contributed by atoms with E-state index in [1.54, 1.807) is 7.11 Å². The lowest BCUT2D eigenvalue weighted by molar-refractivity contribution is -0.127. The molecule has 1 aliphatic heterocycles. The lowest BCUT2D eigenvalue weighted by Crippen LogP contribution is -2.44. The molecule has 1 N–H and O–H groups in total. The molecule has 2 aliphatic rings. The van der Waals surface area contributed by atoms with E-state index in [1.807, 2.05) is 24.3 Å². The zero-order valence-electron chi connectivity index (χ0n) is 14.1. The third kappa shape index (κ3) is 4.05. The fourth-order valence-corrected chi connectivity index (χ4v) is 3.84. The molecule has 1 aromatic carbocycles. The van der Waals surface area contributed by atoms with Crippen LogP contribution in [-0.4, -0.2) is 37.0 Å². The van der Waals surface area contributed by atoms with Crippen molar-refractivity contribution < 1.29 is 9.53 Å². The molecule has 23 heavy (non-hydrogen) atoms. The highest BCUT2D eigenvalue weighted by molar-refractivity contribution is 5.83. The fraction of sp³-hybridized carbons (Fsp3) is 0.632. The van der Waals surface area contributed by atoms with Crippen LogP contribution in [0.15, 0.2) is 24.3 Å². The van der Waals surface area contributed by atoms with Crippen molar-refractivity contribution in [2.75, 3.05) is 20.2 Å². The molecular weight excluding hydrogens is 288 g/mol. The molecule has 1 aliphatic carbocycles. The summed E-state index contributed by atoms with van der Waals surface area (Å²) in [4.78, 5) is 15.3. The molecule has 1 amide bonds. The maximum absolute atomic E-state index is 13.0. The Bertz CT molecular complexity index is 503. The van der Waals surface area contributed by atoms with Gasteiger partial charge in [0.25, 0.3) is 0 Å². The van der Waals surface area contributed by atoms with Gasteiger partial charge < -0.3 is 10.1 Å². The number of hydrogen-bond donors (Lipinski definition) is 1. The standard InChI is InChI=1S/C19H28N2O2/c1-23-17-11-9-15(10-12-17)18(21-13-5-6-14-21)19(22)20-16-7-3-2-4-8-16/h9-12,16,18H,2-8,13-14H2,1H3,(H,20,22)/t18-/m0/s1. The van der Waals surface area contributed by atoms with Crippen LogP contribution in [0.2, 0.25) is 0 Å². The molecular formula is C19H28N2O2. The van der Waals surface area contributed by atoms with E-state index < -0.39 is 0 Å². The van der Waals surface area contributed by atoms with E-state index >= 15 is 0 Å². The van der Waals surface area contributed by atoms with E-state index in [2.05, 4.69) is 10.2 Å². The molecule has 0 spiro atoms. The van der Waals surface area contributed by atoms with E-state index in [9.17, 15) is 4.79 Å². The van der Waals surface area contributed by atoms with Gasteiger partial charge in [-0.1, -0.05) is 31.4 Å². The Kier molecular flexibility index (Phi) is 5.55. The molecule has 0 radical (unpaired) electrons. The maximum atomic E-state index is 13.0. The molecule has 0 unspecified atom stereocenters. The van der Waals surface area contributed by atoms with Gasteiger partial charge in [-0.25, -0.2) is 0 Å². The fourth-order valence-electron chi connectivity index (χ4n) is 3.84. The Morgan fingerprint density at radius 1 is 1.09 bits per heavy atom. The second-order valence-corrected chi connectivity index (χ2v) is 6.76. The number of carbonyl (C=O) groups is 1. The Morgan fingerprint density at radius 3 is 2.35 bits per heavy atom. The molecule has 1 aromatic rings. The number of hydrogen-bond acceptors (Lipinski definition) is 3. The summed E-state index contributed by atoms with van der Waals surface area (Å²) < 4.78 is 5.24. The summed E-state index contributed by atoms with van der Waals surface area (Å²) in [6.07, 6.45) is 8.40. The van der Waals surface area contributed by atoms with E-state index in [-0.39, 0.29) is 11.9 Å².